The summed E-state index contributed by atoms with van der Waals surface area (Å²) >= 11 is 0. The van der Waals surface area contributed by atoms with E-state index >= 15 is 0 Å². The molecule has 160 valence electrons. The Balaban J connectivity index is 1.84. The normalized spacial score (nSPS) is 10.8. The molecular weight excluding hydrogens is 414 g/mol. The van der Waals surface area contributed by atoms with Crippen molar-refractivity contribution in [2.45, 2.75) is 12.2 Å². The Morgan fingerprint density at radius 3 is 2.09 bits per heavy atom. The highest BCUT2D eigenvalue weighted by molar-refractivity contribution is 5.46. The molecular formula is C26H19N5O2. The second-order valence-corrected chi connectivity index (χ2v) is 7.10. The molecule has 0 fully saturated rings. The standard InChI is InChI=1S/C26H19N5O2/c1-32-26(24-11-3-8-21(15-27)30-24,25-12-4-9-22(16-28)31-25)20-7-2-10-23(14-20)33-18-19-6-5-13-29-17-19/h2-14,17H,18H2,1H3. The molecule has 0 N–H and O–H groups in total. The van der Waals surface area contributed by atoms with E-state index in [9.17, 15) is 10.5 Å². The van der Waals surface area contributed by atoms with Crippen LogP contribution in [0.1, 0.15) is 33.9 Å². The zero-order valence-electron chi connectivity index (χ0n) is 17.8. The Labute approximate surface area is 191 Å². The van der Waals surface area contributed by atoms with Gasteiger partial charge in [-0.3, -0.25) is 4.98 Å². The van der Waals surface area contributed by atoms with Gasteiger partial charge in [-0.25, -0.2) is 9.97 Å². The fourth-order valence-electron chi connectivity index (χ4n) is 3.60. The van der Waals surface area contributed by atoms with Crippen molar-refractivity contribution < 1.29 is 9.47 Å². The van der Waals surface area contributed by atoms with Crippen LogP contribution in [-0.2, 0) is 16.9 Å². The van der Waals surface area contributed by atoms with Gasteiger partial charge in [-0.15, -0.1) is 0 Å². The van der Waals surface area contributed by atoms with E-state index < -0.39 is 5.60 Å². The number of pyridine rings is 3. The third-order valence-corrected chi connectivity index (χ3v) is 5.12. The monoisotopic (exact) mass is 433 g/mol. The van der Waals surface area contributed by atoms with Crippen LogP contribution < -0.4 is 4.74 Å². The molecule has 0 aliphatic heterocycles. The zero-order chi connectivity index (χ0) is 23.1. The van der Waals surface area contributed by atoms with Gasteiger partial charge in [0.25, 0.3) is 0 Å². The predicted octanol–water partition coefficient (Wildman–Crippen LogP) is 4.13. The first-order chi connectivity index (χ1) is 16.2. The summed E-state index contributed by atoms with van der Waals surface area (Å²) in [5, 5.41) is 18.8. The van der Waals surface area contributed by atoms with E-state index in [1.807, 2.05) is 36.4 Å². The molecule has 0 saturated carbocycles. The summed E-state index contributed by atoms with van der Waals surface area (Å²) in [6, 6.07) is 25.6. The number of hydrogen-bond acceptors (Lipinski definition) is 7. The minimum Gasteiger partial charge on any atom is -0.489 e. The first-order valence-corrected chi connectivity index (χ1v) is 10.1. The molecule has 1 aromatic carbocycles. The molecule has 0 bridgehead atoms. The first kappa shape index (κ1) is 21.6. The molecule has 4 rings (SSSR count). The lowest BCUT2D eigenvalue weighted by Crippen LogP contribution is -2.34. The van der Waals surface area contributed by atoms with Crippen LogP contribution in [0.4, 0.5) is 0 Å². The van der Waals surface area contributed by atoms with Crippen molar-refractivity contribution in [1.82, 2.24) is 15.0 Å². The van der Waals surface area contributed by atoms with Gasteiger partial charge in [0.1, 0.15) is 35.9 Å². The quantitative estimate of drug-likeness (QED) is 0.431. The van der Waals surface area contributed by atoms with E-state index in [0.29, 0.717) is 29.3 Å². The molecule has 7 nitrogen and oxygen atoms in total. The summed E-state index contributed by atoms with van der Waals surface area (Å²) in [6.07, 6.45) is 3.46. The van der Waals surface area contributed by atoms with Crippen LogP contribution in [0.3, 0.4) is 0 Å². The van der Waals surface area contributed by atoms with Gasteiger partial charge in [-0.2, -0.15) is 10.5 Å². The van der Waals surface area contributed by atoms with E-state index in [1.165, 1.54) is 0 Å². The number of hydrogen-bond donors (Lipinski definition) is 0. The number of ether oxygens (including phenoxy) is 2. The van der Waals surface area contributed by atoms with Gasteiger partial charge in [0.05, 0.1) is 11.4 Å². The lowest BCUT2D eigenvalue weighted by Gasteiger charge is -2.32. The first-order valence-electron chi connectivity index (χ1n) is 10.1. The minimum atomic E-state index is -1.27. The number of nitriles is 2. The van der Waals surface area contributed by atoms with Gasteiger partial charge in [0.2, 0.25) is 0 Å². The molecule has 3 heterocycles. The van der Waals surface area contributed by atoms with Crippen LogP contribution in [0.2, 0.25) is 0 Å². The van der Waals surface area contributed by atoms with Crippen LogP contribution in [0.15, 0.2) is 85.2 Å². The topological polar surface area (TPSA) is 105 Å². The van der Waals surface area contributed by atoms with Crippen molar-refractivity contribution in [2.75, 3.05) is 7.11 Å². The van der Waals surface area contributed by atoms with Crippen LogP contribution in [0.5, 0.6) is 5.75 Å². The zero-order valence-corrected chi connectivity index (χ0v) is 17.8. The van der Waals surface area contributed by atoms with E-state index in [2.05, 4.69) is 27.1 Å². The second kappa shape index (κ2) is 9.69. The highest BCUT2D eigenvalue weighted by atomic mass is 16.5. The highest BCUT2D eigenvalue weighted by Gasteiger charge is 2.40. The van der Waals surface area contributed by atoms with Crippen molar-refractivity contribution in [2.24, 2.45) is 0 Å². The van der Waals surface area contributed by atoms with E-state index in [-0.39, 0.29) is 11.4 Å². The minimum absolute atomic E-state index is 0.245. The van der Waals surface area contributed by atoms with Crippen LogP contribution >= 0.6 is 0 Å². The van der Waals surface area contributed by atoms with E-state index in [0.717, 1.165) is 5.56 Å². The van der Waals surface area contributed by atoms with Gasteiger partial charge in [-0.05, 0) is 48.0 Å². The average Bonchev–Trinajstić information content (AvgIpc) is 2.89. The Morgan fingerprint density at radius 2 is 1.52 bits per heavy atom. The molecule has 0 amide bonds. The largest absolute Gasteiger partial charge is 0.489 e. The molecule has 0 aliphatic rings. The summed E-state index contributed by atoms with van der Waals surface area (Å²) in [6.45, 7) is 0.349. The highest BCUT2D eigenvalue weighted by Crippen LogP contribution is 2.39. The fraction of sp³-hybridized carbons (Fsp3) is 0.115. The van der Waals surface area contributed by atoms with Gasteiger partial charge in [0, 0.05) is 25.1 Å². The van der Waals surface area contributed by atoms with Gasteiger partial charge < -0.3 is 9.47 Å². The maximum atomic E-state index is 9.41. The second-order valence-electron chi connectivity index (χ2n) is 7.10. The number of benzene rings is 1. The number of rotatable bonds is 7. The molecule has 0 spiro atoms. The van der Waals surface area contributed by atoms with Crippen molar-refractivity contribution >= 4 is 0 Å². The van der Waals surface area contributed by atoms with Gasteiger partial charge >= 0.3 is 0 Å². The Bertz CT molecular complexity index is 1290. The summed E-state index contributed by atoms with van der Waals surface area (Å²) in [4.78, 5) is 13.1. The van der Waals surface area contributed by atoms with Crippen molar-refractivity contribution in [1.29, 1.82) is 10.5 Å². The van der Waals surface area contributed by atoms with E-state index in [4.69, 9.17) is 9.47 Å². The lowest BCUT2D eigenvalue weighted by molar-refractivity contribution is 0.0507. The van der Waals surface area contributed by atoms with Crippen LogP contribution in [-0.4, -0.2) is 22.1 Å². The Hall–Kier alpha value is -4.59. The lowest BCUT2D eigenvalue weighted by atomic mass is 9.85. The average molecular weight is 433 g/mol. The molecule has 3 aromatic heterocycles. The summed E-state index contributed by atoms with van der Waals surface area (Å²) in [5.41, 5.74) is 1.79. The molecule has 0 atom stereocenters. The molecule has 33 heavy (non-hydrogen) atoms. The molecule has 4 aromatic rings. The maximum Gasteiger partial charge on any atom is 0.177 e. The third-order valence-electron chi connectivity index (χ3n) is 5.12. The number of aromatic nitrogens is 3. The maximum absolute atomic E-state index is 9.41. The summed E-state index contributed by atoms with van der Waals surface area (Å²) < 4.78 is 12.1. The molecule has 0 radical (unpaired) electrons. The van der Waals surface area contributed by atoms with Crippen molar-refractivity contribution in [3.05, 3.63) is 119 Å². The SMILES string of the molecule is COC(c1cccc(OCc2cccnc2)c1)(c1cccc(C#N)n1)c1cccc(C#N)n1. The number of methoxy groups -OCH3 is 1. The van der Waals surface area contributed by atoms with Crippen molar-refractivity contribution in [3.8, 4) is 17.9 Å². The van der Waals surface area contributed by atoms with Crippen molar-refractivity contribution in [3.63, 3.8) is 0 Å². The summed E-state index contributed by atoms with van der Waals surface area (Å²) in [7, 11) is 1.55. The van der Waals surface area contributed by atoms with Crippen LogP contribution in [0, 0.1) is 22.7 Å². The van der Waals surface area contributed by atoms with Gasteiger partial charge in [-0.1, -0.05) is 30.3 Å². The summed E-state index contributed by atoms with van der Waals surface area (Å²) in [5.74, 6) is 0.616. The molecule has 0 saturated heterocycles. The Kier molecular flexibility index (Phi) is 6.36. The predicted molar refractivity (Wildman–Crippen MR) is 120 cm³/mol. The smallest absolute Gasteiger partial charge is 0.177 e. The molecule has 7 heteroatoms. The third kappa shape index (κ3) is 4.40. The fourth-order valence-corrected chi connectivity index (χ4v) is 3.60. The van der Waals surface area contributed by atoms with E-state index in [1.54, 1.807) is 55.9 Å². The Morgan fingerprint density at radius 1 is 0.848 bits per heavy atom. The van der Waals surface area contributed by atoms with Gasteiger partial charge in [0.15, 0.2) is 5.60 Å². The molecule has 0 unspecified atom stereocenters. The van der Waals surface area contributed by atoms with Crippen LogP contribution in [0.25, 0.3) is 0 Å². The number of nitrogens with zero attached hydrogens (tertiary/aromatic N) is 5. The molecule has 0 aliphatic carbocycles.